The van der Waals surface area contributed by atoms with Gasteiger partial charge in [0, 0.05) is 42.7 Å². The highest BCUT2D eigenvalue weighted by molar-refractivity contribution is 5.64. The van der Waals surface area contributed by atoms with Crippen LogP contribution in [0.2, 0.25) is 0 Å². The number of rotatable bonds is 6. The van der Waals surface area contributed by atoms with Crippen molar-refractivity contribution < 1.29 is 0 Å². The van der Waals surface area contributed by atoms with Crippen LogP contribution < -0.4 is 10.6 Å². The number of benzene rings is 1. The average molecular weight is 359 g/mol. The van der Waals surface area contributed by atoms with Crippen LogP contribution in [-0.2, 0) is 6.54 Å². The number of nitrogens with one attached hydrogen (secondary N) is 2. The molecule has 0 atom stereocenters. The first-order chi connectivity index (χ1) is 13.2. The monoisotopic (exact) mass is 359 g/mol. The molecular formula is C20H21N7. The number of anilines is 2. The number of hydrogen-bond acceptors (Lipinski definition) is 6. The summed E-state index contributed by atoms with van der Waals surface area (Å²) in [5.74, 6) is 1.18. The molecule has 2 N–H and O–H groups in total. The molecule has 1 fully saturated rings. The predicted molar refractivity (Wildman–Crippen MR) is 104 cm³/mol. The van der Waals surface area contributed by atoms with E-state index in [1.54, 1.807) is 10.9 Å². The number of hydrogen-bond donors (Lipinski definition) is 2. The quantitative estimate of drug-likeness (QED) is 0.703. The Hall–Kier alpha value is -3.24. The van der Waals surface area contributed by atoms with E-state index in [9.17, 15) is 0 Å². The van der Waals surface area contributed by atoms with E-state index in [1.807, 2.05) is 19.3 Å². The molecule has 1 saturated heterocycles. The molecule has 4 rings (SSSR count). The largest absolute Gasteiger partial charge is 0.324 e. The highest BCUT2D eigenvalue weighted by Crippen LogP contribution is 2.25. The van der Waals surface area contributed by atoms with Gasteiger partial charge in [-0.2, -0.15) is 10.4 Å². The number of nitrogens with zero attached hydrogens (tertiary/aromatic N) is 5. The van der Waals surface area contributed by atoms with Gasteiger partial charge in [-0.05, 0) is 30.2 Å². The van der Waals surface area contributed by atoms with Gasteiger partial charge in [-0.15, -0.1) is 0 Å². The van der Waals surface area contributed by atoms with Gasteiger partial charge in [-0.3, -0.25) is 4.68 Å². The molecule has 0 radical (unpaired) electrons. The second kappa shape index (κ2) is 7.56. The summed E-state index contributed by atoms with van der Waals surface area (Å²) in [6.45, 7) is 4.67. The van der Waals surface area contributed by atoms with Crippen LogP contribution >= 0.6 is 0 Å². The minimum absolute atomic E-state index is 0.434. The van der Waals surface area contributed by atoms with Crippen molar-refractivity contribution in [3.8, 4) is 17.3 Å². The summed E-state index contributed by atoms with van der Waals surface area (Å²) >= 11 is 0. The molecule has 136 valence electrons. The molecule has 7 heteroatoms. The van der Waals surface area contributed by atoms with Crippen molar-refractivity contribution >= 4 is 11.6 Å². The van der Waals surface area contributed by atoms with Crippen LogP contribution in [0.1, 0.15) is 23.5 Å². The van der Waals surface area contributed by atoms with Crippen molar-refractivity contribution in [1.29, 1.82) is 5.26 Å². The fourth-order valence-electron chi connectivity index (χ4n) is 3.06. The van der Waals surface area contributed by atoms with Crippen molar-refractivity contribution in [3.63, 3.8) is 0 Å². The summed E-state index contributed by atoms with van der Waals surface area (Å²) in [6, 6.07) is 10.6. The Labute approximate surface area is 158 Å². The first-order valence-electron chi connectivity index (χ1n) is 9.04. The Kier molecular flexibility index (Phi) is 4.81. The molecule has 2 aromatic heterocycles. The van der Waals surface area contributed by atoms with Crippen molar-refractivity contribution in [2.24, 2.45) is 0 Å². The van der Waals surface area contributed by atoms with E-state index in [0.29, 0.717) is 24.8 Å². The van der Waals surface area contributed by atoms with Gasteiger partial charge in [0.2, 0.25) is 5.95 Å². The lowest BCUT2D eigenvalue weighted by atomic mass is 9.94. The SMILES string of the molecule is Cc1cnc(Nc2ccc(C3CNC3)cc2)nc1-c1cnn(CCC#N)c1. The van der Waals surface area contributed by atoms with Crippen molar-refractivity contribution in [2.75, 3.05) is 18.4 Å². The van der Waals surface area contributed by atoms with Crippen molar-refractivity contribution in [3.05, 3.63) is 54.0 Å². The van der Waals surface area contributed by atoms with E-state index in [1.165, 1.54) is 5.56 Å². The number of aryl methyl sites for hydroxylation is 2. The van der Waals surface area contributed by atoms with Crippen LogP contribution in [0.15, 0.2) is 42.9 Å². The summed E-state index contributed by atoms with van der Waals surface area (Å²) in [5, 5.41) is 19.6. The second-order valence-electron chi connectivity index (χ2n) is 6.73. The maximum absolute atomic E-state index is 8.71. The van der Waals surface area contributed by atoms with Gasteiger partial charge in [0.25, 0.3) is 0 Å². The first kappa shape index (κ1) is 17.2. The van der Waals surface area contributed by atoms with Crippen LogP contribution in [0.25, 0.3) is 11.3 Å². The Morgan fingerprint density at radius 3 is 2.78 bits per heavy atom. The molecule has 3 aromatic rings. The van der Waals surface area contributed by atoms with Gasteiger partial charge in [0.15, 0.2) is 0 Å². The van der Waals surface area contributed by atoms with Crippen molar-refractivity contribution in [2.45, 2.75) is 25.8 Å². The molecule has 27 heavy (non-hydrogen) atoms. The highest BCUT2D eigenvalue weighted by atomic mass is 15.3. The third-order valence-electron chi connectivity index (χ3n) is 4.75. The van der Waals surface area contributed by atoms with Gasteiger partial charge in [-0.1, -0.05) is 12.1 Å². The maximum Gasteiger partial charge on any atom is 0.227 e. The van der Waals surface area contributed by atoms with Gasteiger partial charge in [0.05, 0.1) is 30.9 Å². The molecule has 1 aromatic carbocycles. The minimum Gasteiger partial charge on any atom is -0.324 e. The molecule has 0 bridgehead atoms. The van der Waals surface area contributed by atoms with E-state index < -0.39 is 0 Å². The average Bonchev–Trinajstić information content (AvgIpc) is 3.10. The summed E-state index contributed by atoms with van der Waals surface area (Å²) in [5.41, 5.74) is 5.06. The van der Waals surface area contributed by atoms with E-state index in [-0.39, 0.29) is 0 Å². The normalized spacial score (nSPS) is 13.8. The summed E-state index contributed by atoms with van der Waals surface area (Å²) in [4.78, 5) is 9.06. The van der Waals surface area contributed by atoms with Crippen molar-refractivity contribution in [1.82, 2.24) is 25.1 Å². The second-order valence-corrected chi connectivity index (χ2v) is 6.73. The maximum atomic E-state index is 8.71. The summed E-state index contributed by atoms with van der Waals surface area (Å²) in [7, 11) is 0. The Balaban J connectivity index is 1.51. The smallest absolute Gasteiger partial charge is 0.227 e. The highest BCUT2D eigenvalue weighted by Gasteiger charge is 2.18. The van der Waals surface area contributed by atoms with E-state index in [2.05, 4.69) is 56.0 Å². The minimum atomic E-state index is 0.434. The van der Waals surface area contributed by atoms with Crippen LogP contribution in [-0.4, -0.2) is 32.8 Å². The first-order valence-corrected chi connectivity index (χ1v) is 9.04. The standard InChI is InChI=1S/C20H21N7/c1-14-9-23-20(25-18-5-3-15(4-6-18)16-10-22-11-16)26-19(14)17-12-24-27(13-17)8-2-7-21/h3-6,9,12-13,16,22H,2,8,10-11H2,1H3,(H,23,25,26). The lowest BCUT2D eigenvalue weighted by molar-refractivity contribution is 0.448. The Bertz CT molecular complexity index is 965. The van der Waals surface area contributed by atoms with Gasteiger partial charge in [-0.25, -0.2) is 9.97 Å². The van der Waals surface area contributed by atoms with Crippen LogP contribution in [0.5, 0.6) is 0 Å². The van der Waals surface area contributed by atoms with Crippen LogP contribution in [0, 0.1) is 18.3 Å². The molecule has 3 heterocycles. The third-order valence-corrected chi connectivity index (χ3v) is 4.75. The van der Waals surface area contributed by atoms with Gasteiger partial charge in [0.1, 0.15) is 0 Å². The summed E-state index contributed by atoms with van der Waals surface area (Å²) < 4.78 is 1.77. The zero-order chi connectivity index (χ0) is 18.6. The van der Waals surface area contributed by atoms with E-state index >= 15 is 0 Å². The molecule has 0 aliphatic carbocycles. The van der Waals surface area contributed by atoms with Gasteiger partial charge < -0.3 is 10.6 Å². The zero-order valence-electron chi connectivity index (χ0n) is 15.2. The lowest BCUT2D eigenvalue weighted by Gasteiger charge is -2.27. The molecule has 1 aliphatic rings. The van der Waals surface area contributed by atoms with E-state index in [0.717, 1.165) is 35.6 Å². The fourth-order valence-corrected chi connectivity index (χ4v) is 3.06. The summed E-state index contributed by atoms with van der Waals surface area (Å²) in [6.07, 6.45) is 5.94. The predicted octanol–water partition coefficient (Wildman–Crippen LogP) is 2.99. The van der Waals surface area contributed by atoms with Crippen LogP contribution in [0.4, 0.5) is 11.6 Å². The third kappa shape index (κ3) is 3.81. The molecule has 0 unspecified atom stereocenters. The topological polar surface area (TPSA) is 91.4 Å². The van der Waals surface area contributed by atoms with Gasteiger partial charge >= 0.3 is 0 Å². The molecule has 0 saturated carbocycles. The zero-order valence-corrected chi connectivity index (χ0v) is 15.2. The molecule has 0 amide bonds. The Morgan fingerprint density at radius 2 is 2.07 bits per heavy atom. The fraction of sp³-hybridized carbons (Fsp3) is 0.300. The lowest BCUT2D eigenvalue weighted by Crippen LogP contribution is -2.39. The Morgan fingerprint density at radius 1 is 1.26 bits per heavy atom. The number of aromatic nitrogens is 4. The number of nitriles is 1. The van der Waals surface area contributed by atoms with Crippen LogP contribution in [0.3, 0.4) is 0 Å². The molecular weight excluding hydrogens is 338 g/mol. The molecule has 1 aliphatic heterocycles. The molecule has 0 spiro atoms. The van der Waals surface area contributed by atoms with E-state index in [4.69, 9.17) is 5.26 Å². The molecule has 7 nitrogen and oxygen atoms in total.